The van der Waals surface area contributed by atoms with Crippen LogP contribution in [0, 0.1) is 5.92 Å². The molecule has 2 amide bonds. The number of benzene rings is 1. The predicted molar refractivity (Wildman–Crippen MR) is 109 cm³/mol. The first-order valence-corrected chi connectivity index (χ1v) is 10.3. The van der Waals surface area contributed by atoms with Crippen molar-refractivity contribution < 1.29 is 14.3 Å². The molecule has 154 valence electrons. The predicted octanol–water partition coefficient (Wildman–Crippen LogP) is 1.65. The lowest BCUT2D eigenvalue weighted by Gasteiger charge is -2.46. The van der Waals surface area contributed by atoms with Gasteiger partial charge < -0.3 is 15.8 Å². The molecule has 1 heterocycles. The Bertz CT molecular complexity index is 698. The molecule has 0 radical (unpaired) electrons. The van der Waals surface area contributed by atoms with Crippen LogP contribution in [0.2, 0.25) is 0 Å². The first-order valence-electron chi connectivity index (χ1n) is 10.3. The van der Waals surface area contributed by atoms with Gasteiger partial charge in [0.15, 0.2) is 0 Å². The summed E-state index contributed by atoms with van der Waals surface area (Å²) in [4.78, 5) is 27.9. The number of rotatable bonds is 6. The molecular weight excluding hydrogens is 354 g/mol. The molecule has 1 aromatic rings. The first kappa shape index (κ1) is 20.8. The van der Waals surface area contributed by atoms with Gasteiger partial charge in [0, 0.05) is 25.9 Å². The van der Waals surface area contributed by atoms with Crippen molar-refractivity contribution in [2.24, 2.45) is 11.7 Å². The second-order valence-corrected chi connectivity index (χ2v) is 8.87. The second kappa shape index (κ2) is 8.21. The highest BCUT2D eigenvalue weighted by atomic mass is 16.5. The van der Waals surface area contributed by atoms with Crippen molar-refractivity contribution in [1.82, 2.24) is 10.2 Å². The topological polar surface area (TPSA) is 84.7 Å². The van der Waals surface area contributed by atoms with E-state index in [1.807, 2.05) is 39.8 Å². The van der Waals surface area contributed by atoms with Crippen molar-refractivity contribution in [2.75, 3.05) is 13.1 Å². The minimum absolute atomic E-state index is 0.0553. The van der Waals surface area contributed by atoms with Gasteiger partial charge in [-0.25, -0.2) is 0 Å². The average Bonchev–Trinajstić information content (AvgIpc) is 3.00. The zero-order valence-corrected chi connectivity index (χ0v) is 17.4. The van der Waals surface area contributed by atoms with Gasteiger partial charge in [0.25, 0.3) is 0 Å². The van der Waals surface area contributed by atoms with E-state index in [1.165, 1.54) is 11.1 Å². The van der Waals surface area contributed by atoms with Gasteiger partial charge in [0.05, 0.1) is 12.2 Å². The number of carbonyl (C=O) groups excluding carboxylic acids is 2. The third kappa shape index (κ3) is 4.23. The lowest BCUT2D eigenvalue weighted by molar-refractivity contribution is -0.146. The molecule has 6 nitrogen and oxygen atoms in total. The highest BCUT2D eigenvalue weighted by Crippen LogP contribution is 2.37. The molecule has 1 saturated heterocycles. The maximum Gasteiger partial charge on any atom is 0.241 e. The van der Waals surface area contributed by atoms with Gasteiger partial charge in [-0.05, 0) is 37.3 Å². The third-order valence-corrected chi connectivity index (χ3v) is 5.89. The number of fused-ring (bicyclic) bond motifs is 1. The number of nitrogens with one attached hydrogen (secondary N) is 1. The van der Waals surface area contributed by atoms with Crippen molar-refractivity contribution in [2.45, 2.75) is 70.7 Å². The van der Waals surface area contributed by atoms with Crippen LogP contribution in [0.5, 0.6) is 0 Å². The van der Waals surface area contributed by atoms with E-state index in [4.69, 9.17) is 10.5 Å². The number of hydrogen-bond acceptors (Lipinski definition) is 4. The van der Waals surface area contributed by atoms with Gasteiger partial charge in [0.1, 0.15) is 11.6 Å². The Balaban J connectivity index is 1.91. The van der Waals surface area contributed by atoms with E-state index in [2.05, 4.69) is 22.3 Å². The molecule has 1 aromatic carbocycles. The highest BCUT2D eigenvalue weighted by molar-refractivity contribution is 5.92. The number of amides is 2. The van der Waals surface area contributed by atoms with Crippen LogP contribution in [0.25, 0.3) is 0 Å². The second-order valence-electron chi connectivity index (χ2n) is 8.87. The Morgan fingerprint density at radius 1 is 1.18 bits per heavy atom. The Morgan fingerprint density at radius 2 is 1.71 bits per heavy atom. The van der Waals surface area contributed by atoms with Crippen LogP contribution in [0.3, 0.4) is 0 Å². The summed E-state index contributed by atoms with van der Waals surface area (Å²) in [6.07, 6.45) is 1.93. The van der Waals surface area contributed by atoms with Crippen molar-refractivity contribution in [3.8, 4) is 0 Å². The van der Waals surface area contributed by atoms with Crippen LogP contribution in [-0.4, -0.2) is 53.6 Å². The molecule has 1 aliphatic heterocycles. The lowest BCUT2D eigenvalue weighted by Crippen LogP contribution is -2.66. The molecule has 0 aromatic heterocycles. The fraction of sp³-hybridized carbons (Fsp3) is 0.636. The van der Waals surface area contributed by atoms with Crippen LogP contribution >= 0.6 is 0 Å². The summed E-state index contributed by atoms with van der Waals surface area (Å²) in [5.74, 6) is -0.316. The van der Waals surface area contributed by atoms with Gasteiger partial charge in [-0.15, -0.1) is 0 Å². The molecule has 2 aliphatic rings. The summed E-state index contributed by atoms with van der Waals surface area (Å²) in [6, 6.07) is 7.57. The number of carbonyl (C=O) groups is 2. The van der Waals surface area contributed by atoms with E-state index < -0.39 is 17.5 Å². The van der Waals surface area contributed by atoms with E-state index in [-0.39, 0.29) is 24.0 Å². The number of morpholine rings is 1. The summed E-state index contributed by atoms with van der Waals surface area (Å²) >= 11 is 0. The van der Waals surface area contributed by atoms with Gasteiger partial charge in [-0.2, -0.15) is 0 Å². The fourth-order valence-electron chi connectivity index (χ4n) is 4.66. The van der Waals surface area contributed by atoms with Crippen LogP contribution < -0.4 is 11.1 Å². The van der Waals surface area contributed by atoms with E-state index in [0.29, 0.717) is 32.4 Å². The van der Waals surface area contributed by atoms with Gasteiger partial charge in [-0.3, -0.25) is 14.5 Å². The van der Waals surface area contributed by atoms with Crippen LogP contribution in [0.15, 0.2) is 24.3 Å². The molecule has 1 aliphatic carbocycles. The zero-order valence-electron chi connectivity index (χ0n) is 17.4. The summed E-state index contributed by atoms with van der Waals surface area (Å²) in [5, 5.41) is 3.00. The molecule has 28 heavy (non-hydrogen) atoms. The largest absolute Gasteiger partial charge is 0.373 e. The van der Waals surface area contributed by atoms with Crippen molar-refractivity contribution >= 4 is 11.8 Å². The van der Waals surface area contributed by atoms with Crippen LogP contribution in [0.1, 0.15) is 45.2 Å². The Hall–Kier alpha value is -1.92. The quantitative estimate of drug-likeness (QED) is 0.777. The SMILES string of the molecule is CC(C)C[C@H](NC(=O)C1(N2C[C@@H](C)O[C@@H](C)C2)Cc2ccccc2C1)C(N)=O. The molecule has 3 rings (SSSR count). The zero-order chi connectivity index (χ0) is 20.5. The molecule has 1 fully saturated rings. The number of ether oxygens (including phenoxy) is 1. The summed E-state index contributed by atoms with van der Waals surface area (Å²) in [7, 11) is 0. The Kier molecular flexibility index (Phi) is 6.10. The summed E-state index contributed by atoms with van der Waals surface area (Å²) in [5.41, 5.74) is 7.28. The van der Waals surface area contributed by atoms with Gasteiger partial charge in [-0.1, -0.05) is 38.1 Å². The smallest absolute Gasteiger partial charge is 0.241 e. The third-order valence-electron chi connectivity index (χ3n) is 5.89. The molecule has 0 bridgehead atoms. The highest BCUT2D eigenvalue weighted by Gasteiger charge is 2.50. The number of nitrogens with zero attached hydrogens (tertiary/aromatic N) is 1. The Labute approximate surface area is 167 Å². The minimum atomic E-state index is -0.708. The van der Waals surface area contributed by atoms with Crippen molar-refractivity contribution in [3.05, 3.63) is 35.4 Å². The van der Waals surface area contributed by atoms with E-state index in [0.717, 1.165) is 0 Å². The molecule has 0 saturated carbocycles. The minimum Gasteiger partial charge on any atom is -0.373 e. The van der Waals surface area contributed by atoms with Crippen molar-refractivity contribution in [3.63, 3.8) is 0 Å². The number of nitrogens with two attached hydrogens (primary N) is 1. The maximum absolute atomic E-state index is 13.6. The molecular formula is C22H33N3O3. The summed E-state index contributed by atoms with van der Waals surface area (Å²) in [6.45, 7) is 9.51. The standard InChI is InChI=1S/C22H33N3O3/c1-14(2)9-19(20(23)26)24-21(27)22(25-12-15(3)28-16(4)13-25)10-17-7-5-6-8-18(17)11-22/h5-8,14-16,19H,9-13H2,1-4H3,(H2,23,26)(H,24,27)/t15-,16+,19-/m0/s1. The van der Waals surface area contributed by atoms with E-state index in [1.54, 1.807) is 0 Å². The molecule has 3 atom stereocenters. The van der Waals surface area contributed by atoms with E-state index >= 15 is 0 Å². The lowest BCUT2D eigenvalue weighted by atomic mass is 9.89. The average molecular weight is 388 g/mol. The molecule has 0 spiro atoms. The van der Waals surface area contributed by atoms with E-state index in [9.17, 15) is 9.59 Å². The number of primary amides is 1. The Morgan fingerprint density at radius 3 is 2.18 bits per heavy atom. The van der Waals surface area contributed by atoms with Gasteiger partial charge >= 0.3 is 0 Å². The van der Waals surface area contributed by atoms with Crippen molar-refractivity contribution in [1.29, 1.82) is 0 Å². The molecule has 6 heteroatoms. The van der Waals surface area contributed by atoms with Crippen LogP contribution in [0.4, 0.5) is 0 Å². The molecule has 0 unspecified atom stereocenters. The first-order chi connectivity index (χ1) is 13.2. The monoisotopic (exact) mass is 387 g/mol. The van der Waals surface area contributed by atoms with Crippen LogP contribution in [-0.2, 0) is 27.2 Å². The molecule has 3 N–H and O–H groups in total. The normalized spacial score (nSPS) is 25.3. The summed E-state index contributed by atoms with van der Waals surface area (Å²) < 4.78 is 5.90. The maximum atomic E-state index is 13.6. The fourth-order valence-corrected chi connectivity index (χ4v) is 4.66. The van der Waals surface area contributed by atoms with Gasteiger partial charge in [0.2, 0.25) is 11.8 Å². The number of hydrogen-bond donors (Lipinski definition) is 2.